The van der Waals surface area contributed by atoms with Crippen LogP contribution >= 0.6 is 0 Å². The molecule has 124 valence electrons. The first kappa shape index (κ1) is 15.7. The molecule has 2 N–H and O–H groups in total. The highest BCUT2D eigenvalue weighted by molar-refractivity contribution is 5.94. The SMILES string of the molecule is CC(C)(C)OC(=O)Nc1nc2cnc(C(=O)O)cc2n2cncc12. The van der Waals surface area contributed by atoms with Gasteiger partial charge in [-0.25, -0.2) is 24.5 Å². The number of nitrogens with one attached hydrogen (secondary N) is 1. The van der Waals surface area contributed by atoms with Crippen molar-refractivity contribution >= 4 is 34.4 Å². The molecule has 3 aromatic rings. The summed E-state index contributed by atoms with van der Waals surface area (Å²) >= 11 is 0. The lowest BCUT2D eigenvalue weighted by molar-refractivity contribution is 0.0633. The van der Waals surface area contributed by atoms with E-state index in [0.29, 0.717) is 16.6 Å². The van der Waals surface area contributed by atoms with E-state index >= 15 is 0 Å². The van der Waals surface area contributed by atoms with E-state index in [1.54, 1.807) is 25.2 Å². The molecule has 0 unspecified atom stereocenters. The molecule has 0 saturated heterocycles. The predicted octanol–water partition coefficient (Wildman–Crippen LogP) is 2.32. The van der Waals surface area contributed by atoms with Crippen molar-refractivity contribution in [2.24, 2.45) is 0 Å². The molecule has 0 fully saturated rings. The zero-order valence-corrected chi connectivity index (χ0v) is 13.3. The van der Waals surface area contributed by atoms with Crippen molar-refractivity contribution in [1.82, 2.24) is 19.4 Å². The highest BCUT2D eigenvalue weighted by Crippen LogP contribution is 2.22. The summed E-state index contributed by atoms with van der Waals surface area (Å²) in [6.45, 7) is 5.27. The minimum Gasteiger partial charge on any atom is -0.477 e. The minimum atomic E-state index is -1.14. The number of aromatic nitrogens is 4. The van der Waals surface area contributed by atoms with Crippen LogP contribution in [0.2, 0.25) is 0 Å². The number of imidazole rings is 1. The van der Waals surface area contributed by atoms with Crippen molar-refractivity contribution in [1.29, 1.82) is 0 Å². The minimum absolute atomic E-state index is 0.104. The van der Waals surface area contributed by atoms with E-state index in [9.17, 15) is 9.59 Å². The fraction of sp³-hybridized carbons (Fsp3) is 0.267. The molecule has 3 heterocycles. The first-order valence-corrected chi connectivity index (χ1v) is 7.10. The van der Waals surface area contributed by atoms with Crippen LogP contribution in [0, 0.1) is 0 Å². The molecule has 0 spiro atoms. The van der Waals surface area contributed by atoms with E-state index < -0.39 is 17.7 Å². The number of carboxylic acids is 1. The van der Waals surface area contributed by atoms with E-state index in [1.165, 1.54) is 24.8 Å². The fourth-order valence-electron chi connectivity index (χ4n) is 2.17. The van der Waals surface area contributed by atoms with Gasteiger partial charge in [0.1, 0.15) is 22.3 Å². The summed E-state index contributed by atoms with van der Waals surface area (Å²) in [6.07, 6.45) is 3.71. The lowest BCUT2D eigenvalue weighted by Crippen LogP contribution is -2.27. The zero-order valence-electron chi connectivity index (χ0n) is 13.3. The molecule has 1 amide bonds. The first-order valence-electron chi connectivity index (χ1n) is 7.10. The van der Waals surface area contributed by atoms with Gasteiger partial charge in [0.25, 0.3) is 0 Å². The third kappa shape index (κ3) is 2.96. The molecule has 9 nitrogen and oxygen atoms in total. The summed E-state index contributed by atoms with van der Waals surface area (Å²) in [6, 6.07) is 1.40. The number of hydrogen-bond donors (Lipinski definition) is 2. The van der Waals surface area contributed by atoms with Gasteiger partial charge in [0.2, 0.25) is 0 Å². The van der Waals surface area contributed by atoms with E-state index in [1.807, 2.05) is 0 Å². The highest BCUT2D eigenvalue weighted by Gasteiger charge is 2.19. The Morgan fingerprint density at radius 3 is 2.67 bits per heavy atom. The molecule has 3 aromatic heterocycles. The molecule has 0 aliphatic rings. The van der Waals surface area contributed by atoms with Gasteiger partial charge < -0.3 is 9.84 Å². The van der Waals surface area contributed by atoms with Crippen LogP contribution in [0.1, 0.15) is 31.3 Å². The summed E-state index contributed by atoms with van der Waals surface area (Å²) in [5, 5.41) is 11.6. The van der Waals surface area contributed by atoms with Crippen molar-refractivity contribution in [2.75, 3.05) is 5.32 Å². The van der Waals surface area contributed by atoms with Crippen LogP contribution < -0.4 is 5.32 Å². The summed E-state index contributed by atoms with van der Waals surface area (Å²) in [5.41, 5.74) is 0.694. The smallest absolute Gasteiger partial charge is 0.413 e. The summed E-state index contributed by atoms with van der Waals surface area (Å²) < 4.78 is 6.84. The Hall–Kier alpha value is -3.23. The maximum atomic E-state index is 12.0. The monoisotopic (exact) mass is 329 g/mol. The standard InChI is InChI=1S/C15H15N5O4/c1-15(2,3)24-14(23)19-12-11-6-16-7-20(11)10-4-8(13(21)22)17-5-9(10)18-12/h4-7H,1-3H3,(H,21,22)(H,18,19,23). The average molecular weight is 329 g/mol. The Morgan fingerprint density at radius 2 is 2.00 bits per heavy atom. The molecule has 3 rings (SSSR count). The number of carbonyl (C=O) groups is 2. The van der Waals surface area contributed by atoms with Gasteiger partial charge >= 0.3 is 12.1 Å². The molecule has 0 atom stereocenters. The number of hydrogen-bond acceptors (Lipinski definition) is 6. The van der Waals surface area contributed by atoms with Gasteiger partial charge in [-0.2, -0.15) is 0 Å². The Balaban J connectivity index is 2.09. The second-order valence-electron chi connectivity index (χ2n) is 6.10. The van der Waals surface area contributed by atoms with Crippen LogP contribution in [-0.2, 0) is 4.74 Å². The Morgan fingerprint density at radius 1 is 1.25 bits per heavy atom. The number of pyridine rings is 1. The maximum Gasteiger partial charge on any atom is 0.413 e. The number of amides is 1. The van der Waals surface area contributed by atoms with E-state index in [4.69, 9.17) is 9.84 Å². The number of anilines is 1. The Labute approximate surface area is 136 Å². The van der Waals surface area contributed by atoms with Crippen molar-refractivity contribution in [3.05, 3.63) is 30.5 Å². The largest absolute Gasteiger partial charge is 0.477 e. The van der Waals surface area contributed by atoms with Crippen molar-refractivity contribution < 1.29 is 19.4 Å². The molecule has 0 bridgehead atoms. The molecular weight excluding hydrogens is 314 g/mol. The lowest BCUT2D eigenvalue weighted by atomic mass is 10.2. The zero-order chi connectivity index (χ0) is 17.5. The quantitative estimate of drug-likeness (QED) is 0.740. The average Bonchev–Trinajstić information content (AvgIpc) is 2.94. The van der Waals surface area contributed by atoms with Gasteiger partial charge in [-0.1, -0.05) is 0 Å². The third-order valence-electron chi connectivity index (χ3n) is 3.07. The maximum absolute atomic E-state index is 12.0. The molecule has 0 aliphatic heterocycles. The van der Waals surface area contributed by atoms with Crippen LogP contribution in [0.15, 0.2) is 24.8 Å². The first-order chi connectivity index (χ1) is 11.2. The van der Waals surface area contributed by atoms with Crippen molar-refractivity contribution in [2.45, 2.75) is 26.4 Å². The summed E-state index contributed by atoms with van der Waals surface area (Å²) in [5.74, 6) is -0.889. The summed E-state index contributed by atoms with van der Waals surface area (Å²) in [4.78, 5) is 35.2. The number of carbonyl (C=O) groups excluding carboxylic acids is 1. The van der Waals surface area contributed by atoms with Crippen LogP contribution in [-0.4, -0.2) is 42.1 Å². The van der Waals surface area contributed by atoms with Gasteiger partial charge in [0.05, 0.1) is 24.2 Å². The van der Waals surface area contributed by atoms with Gasteiger partial charge in [0, 0.05) is 0 Å². The Bertz CT molecular complexity index is 958. The van der Waals surface area contributed by atoms with Gasteiger partial charge in [0.15, 0.2) is 5.82 Å². The third-order valence-corrected chi connectivity index (χ3v) is 3.07. The topological polar surface area (TPSA) is 119 Å². The number of fused-ring (bicyclic) bond motifs is 3. The van der Waals surface area contributed by atoms with E-state index in [-0.39, 0.29) is 11.5 Å². The number of aromatic carboxylic acids is 1. The van der Waals surface area contributed by atoms with Crippen molar-refractivity contribution in [3.8, 4) is 0 Å². The van der Waals surface area contributed by atoms with Crippen LogP contribution in [0.5, 0.6) is 0 Å². The molecule has 9 heteroatoms. The van der Waals surface area contributed by atoms with E-state index in [0.717, 1.165) is 0 Å². The number of rotatable bonds is 2. The predicted molar refractivity (Wildman–Crippen MR) is 85.1 cm³/mol. The molecular formula is C15H15N5O4. The molecule has 0 aromatic carbocycles. The Kier molecular flexibility index (Phi) is 3.55. The van der Waals surface area contributed by atoms with Gasteiger partial charge in [-0.05, 0) is 26.8 Å². The normalized spacial score (nSPS) is 11.6. The van der Waals surface area contributed by atoms with Crippen LogP contribution in [0.25, 0.3) is 16.6 Å². The summed E-state index contributed by atoms with van der Waals surface area (Å²) in [7, 11) is 0. The highest BCUT2D eigenvalue weighted by atomic mass is 16.6. The van der Waals surface area contributed by atoms with Crippen molar-refractivity contribution in [3.63, 3.8) is 0 Å². The molecule has 24 heavy (non-hydrogen) atoms. The second kappa shape index (κ2) is 5.44. The number of nitrogens with zero attached hydrogens (tertiary/aromatic N) is 4. The second-order valence-corrected chi connectivity index (χ2v) is 6.10. The van der Waals surface area contributed by atoms with Crippen LogP contribution in [0.4, 0.5) is 10.6 Å². The van der Waals surface area contributed by atoms with Gasteiger partial charge in [-0.15, -0.1) is 0 Å². The van der Waals surface area contributed by atoms with Crippen LogP contribution in [0.3, 0.4) is 0 Å². The number of ether oxygens (including phenoxy) is 1. The van der Waals surface area contributed by atoms with E-state index in [2.05, 4.69) is 20.3 Å². The fourth-order valence-corrected chi connectivity index (χ4v) is 2.17. The molecule has 0 saturated carbocycles. The molecule has 0 aliphatic carbocycles. The lowest BCUT2D eigenvalue weighted by Gasteiger charge is -2.19. The van der Waals surface area contributed by atoms with Gasteiger partial charge in [-0.3, -0.25) is 9.72 Å². The molecule has 0 radical (unpaired) electrons. The number of carboxylic acid groups (broad SMARTS) is 1.